The van der Waals surface area contributed by atoms with Crippen molar-refractivity contribution >= 4 is 29.3 Å². The molecule has 1 aromatic carbocycles. The Bertz CT molecular complexity index is 909. The number of nitrogens with one attached hydrogen (secondary N) is 1. The third-order valence-corrected chi connectivity index (χ3v) is 5.27. The van der Waals surface area contributed by atoms with E-state index in [0.29, 0.717) is 28.2 Å². The number of hydrogen-bond acceptors (Lipinski definition) is 5. The largest absolute Gasteiger partial charge is 0.459 e. The van der Waals surface area contributed by atoms with E-state index < -0.39 is 0 Å². The van der Waals surface area contributed by atoms with Crippen LogP contribution >= 0.6 is 23.4 Å². The third-order valence-electron chi connectivity index (χ3n) is 3.87. The van der Waals surface area contributed by atoms with Gasteiger partial charge in [0.15, 0.2) is 16.7 Å². The van der Waals surface area contributed by atoms with Crippen molar-refractivity contribution in [2.24, 2.45) is 7.05 Å². The van der Waals surface area contributed by atoms with Gasteiger partial charge in [0.2, 0.25) is 0 Å². The number of nitrogens with zero attached hydrogens (tertiary/aromatic N) is 3. The van der Waals surface area contributed by atoms with Crippen molar-refractivity contribution in [2.45, 2.75) is 17.6 Å². The zero-order chi connectivity index (χ0) is 19.2. The van der Waals surface area contributed by atoms with Crippen LogP contribution in [0, 0.1) is 0 Å². The van der Waals surface area contributed by atoms with Crippen LogP contribution in [-0.4, -0.2) is 26.4 Å². The number of carbonyl (C=O) groups is 1. The van der Waals surface area contributed by atoms with E-state index in [2.05, 4.69) is 22.1 Å². The van der Waals surface area contributed by atoms with Crippen molar-refractivity contribution in [3.05, 3.63) is 77.5 Å². The van der Waals surface area contributed by atoms with E-state index in [4.69, 9.17) is 16.0 Å². The number of halogens is 1. The molecule has 2 heterocycles. The van der Waals surface area contributed by atoms with Gasteiger partial charge in [0.25, 0.3) is 5.91 Å². The lowest BCUT2D eigenvalue weighted by molar-refractivity contribution is 0.0906. The minimum Gasteiger partial charge on any atom is -0.459 e. The van der Waals surface area contributed by atoms with Crippen LogP contribution in [0.1, 0.15) is 28.0 Å². The van der Waals surface area contributed by atoms with Crippen LogP contribution in [-0.2, 0) is 13.5 Å². The van der Waals surface area contributed by atoms with Crippen LogP contribution in [0.2, 0.25) is 0 Å². The van der Waals surface area contributed by atoms with Gasteiger partial charge in [0, 0.05) is 17.8 Å². The quantitative estimate of drug-likeness (QED) is 0.577. The molecule has 0 radical (unpaired) electrons. The van der Waals surface area contributed by atoms with Gasteiger partial charge in [-0.15, -0.1) is 10.2 Å². The molecule has 140 valence electrons. The van der Waals surface area contributed by atoms with Crippen LogP contribution in [0.25, 0.3) is 0 Å². The SMILES string of the molecule is C=C(Cl)CSc1nnc(C(Cc2ccccc2)NC(=O)c2ccco2)n1C. The highest BCUT2D eigenvalue weighted by Crippen LogP contribution is 2.24. The van der Waals surface area contributed by atoms with Gasteiger partial charge in [0.1, 0.15) is 0 Å². The molecule has 3 rings (SSSR count). The van der Waals surface area contributed by atoms with Gasteiger partial charge < -0.3 is 14.3 Å². The highest BCUT2D eigenvalue weighted by atomic mass is 35.5. The molecule has 8 heteroatoms. The van der Waals surface area contributed by atoms with E-state index >= 15 is 0 Å². The molecular weight excluding hydrogens is 384 g/mol. The molecule has 1 atom stereocenters. The molecule has 2 aromatic heterocycles. The summed E-state index contributed by atoms with van der Waals surface area (Å²) < 4.78 is 7.06. The first-order chi connectivity index (χ1) is 13.0. The van der Waals surface area contributed by atoms with E-state index in [1.165, 1.54) is 18.0 Å². The number of hydrogen-bond donors (Lipinski definition) is 1. The molecule has 1 N–H and O–H groups in total. The Morgan fingerprint density at radius 3 is 2.74 bits per heavy atom. The van der Waals surface area contributed by atoms with Crippen molar-refractivity contribution in [1.29, 1.82) is 0 Å². The van der Waals surface area contributed by atoms with Gasteiger partial charge in [-0.1, -0.05) is 60.3 Å². The third kappa shape index (κ3) is 5.02. The minimum absolute atomic E-state index is 0.253. The lowest BCUT2D eigenvalue weighted by Gasteiger charge is -2.18. The lowest BCUT2D eigenvalue weighted by Crippen LogP contribution is -2.31. The molecule has 0 saturated carbocycles. The fraction of sp³-hybridized carbons (Fsp3) is 0.211. The fourth-order valence-corrected chi connectivity index (χ4v) is 3.43. The van der Waals surface area contributed by atoms with Crippen LogP contribution in [0.15, 0.2) is 69.9 Å². The summed E-state index contributed by atoms with van der Waals surface area (Å²) in [5.74, 6) is 1.15. The molecule has 0 fully saturated rings. The summed E-state index contributed by atoms with van der Waals surface area (Å²) in [6.45, 7) is 3.69. The van der Waals surface area contributed by atoms with Crippen LogP contribution < -0.4 is 5.32 Å². The normalized spacial score (nSPS) is 11.9. The molecule has 1 amide bonds. The van der Waals surface area contributed by atoms with Crippen LogP contribution in [0.4, 0.5) is 0 Å². The van der Waals surface area contributed by atoms with E-state index in [0.717, 1.165) is 5.56 Å². The van der Waals surface area contributed by atoms with Crippen LogP contribution in [0.5, 0.6) is 0 Å². The number of thioether (sulfide) groups is 1. The van der Waals surface area contributed by atoms with Crippen molar-refractivity contribution < 1.29 is 9.21 Å². The second-order valence-electron chi connectivity index (χ2n) is 5.90. The Kier molecular flexibility index (Phi) is 6.36. The maximum absolute atomic E-state index is 12.5. The van der Waals surface area contributed by atoms with Crippen molar-refractivity contribution in [2.75, 3.05) is 5.75 Å². The molecule has 0 bridgehead atoms. The number of furan rings is 1. The van der Waals surface area contributed by atoms with Gasteiger partial charge >= 0.3 is 0 Å². The molecule has 6 nitrogen and oxygen atoms in total. The zero-order valence-corrected chi connectivity index (χ0v) is 16.3. The molecule has 0 aliphatic heterocycles. The van der Waals surface area contributed by atoms with Gasteiger partial charge in [0.05, 0.1) is 12.3 Å². The second-order valence-corrected chi connectivity index (χ2v) is 7.38. The van der Waals surface area contributed by atoms with E-state index in [-0.39, 0.29) is 17.7 Å². The highest BCUT2D eigenvalue weighted by Gasteiger charge is 2.23. The Morgan fingerprint density at radius 1 is 1.30 bits per heavy atom. The molecule has 1 unspecified atom stereocenters. The Morgan fingerprint density at radius 2 is 2.07 bits per heavy atom. The topological polar surface area (TPSA) is 73.0 Å². The van der Waals surface area contributed by atoms with Gasteiger partial charge in [-0.05, 0) is 24.1 Å². The lowest BCUT2D eigenvalue weighted by atomic mass is 10.1. The first-order valence-electron chi connectivity index (χ1n) is 8.28. The highest BCUT2D eigenvalue weighted by molar-refractivity contribution is 7.99. The summed E-state index contributed by atoms with van der Waals surface area (Å²) in [5.41, 5.74) is 1.08. The maximum Gasteiger partial charge on any atom is 0.287 e. The molecule has 27 heavy (non-hydrogen) atoms. The maximum atomic E-state index is 12.5. The van der Waals surface area contributed by atoms with Crippen LogP contribution in [0.3, 0.4) is 0 Å². The van der Waals surface area contributed by atoms with Gasteiger partial charge in [-0.3, -0.25) is 4.79 Å². The Balaban J connectivity index is 1.85. The predicted octanol–water partition coefficient (Wildman–Crippen LogP) is 3.97. The molecule has 0 aliphatic rings. The molecule has 0 aliphatic carbocycles. The summed E-state index contributed by atoms with van der Waals surface area (Å²) in [5, 5.41) is 12.8. The summed E-state index contributed by atoms with van der Waals surface area (Å²) in [4.78, 5) is 12.5. The number of rotatable bonds is 8. The van der Waals surface area contributed by atoms with E-state index in [1.807, 2.05) is 41.9 Å². The van der Waals surface area contributed by atoms with Crippen molar-refractivity contribution in [3.63, 3.8) is 0 Å². The van der Waals surface area contributed by atoms with Crippen molar-refractivity contribution in [3.8, 4) is 0 Å². The minimum atomic E-state index is -0.365. The summed E-state index contributed by atoms with van der Waals surface area (Å²) in [7, 11) is 1.87. The van der Waals surface area contributed by atoms with Crippen molar-refractivity contribution in [1.82, 2.24) is 20.1 Å². The molecular formula is C19H19ClN4O2S. The monoisotopic (exact) mass is 402 g/mol. The average Bonchev–Trinajstić information content (AvgIpc) is 3.30. The van der Waals surface area contributed by atoms with Gasteiger partial charge in [-0.25, -0.2) is 0 Å². The number of benzene rings is 1. The zero-order valence-electron chi connectivity index (χ0n) is 14.8. The summed E-state index contributed by atoms with van der Waals surface area (Å²) in [6.07, 6.45) is 2.04. The number of aromatic nitrogens is 3. The smallest absolute Gasteiger partial charge is 0.287 e. The first kappa shape index (κ1) is 19.3. The molecule has 0 spiro atoms. The average molecular weight is 403 g/mol. The predicted molar refractivity (Wildman–Crippen MR) is 106 cm³/mol. The van der Waals surface area contributed by atoms with E-state index in [9.17, 15) is 4.79 Å². The molecule has 3 aromatic rings. The Labute approximate surface area is 166 Å². The standard InChI is InChI=1S/C19H19ClN4O2S/c1-13(20)12-27-19-23-22-17(24(19)2)15(11-14-7-4-3-5-8-14)21-18(25)16-9-6-10-26-16/h3-10,15H,1,11-12H2,2H3,(H,21,25). The van der Waals surface area contributed by atoms with E-state index in [1.54, 1.807) is 12.1 Å². The van der Waals surface area contributed by atoms with Gasteiger partial charge in [-0.2, -0.15) is 0 Å². The number of carbonyl (C=O) groups excluding carboxylic acids is 1. The Hall–Kier alpha value is -2.51. The second kappa shape index (κ2) is 8.92. The molecule has 0 saturated heterocycles. The number of amides is 1. The summed E-state index contributed by atoms with van der Waals surface area (Å²) >= 11 is 7.29. The fourth-order valence-electron chi connectivity index (χ4n) is 2.59. The first-order valence-corrected chi connectivity index (χ1v) is 9.64. The summed E-state index contributed by atoms with van der Waals surface area (Å²) in [6, 6.07) is 12.8.